The van der Waals surface area contributed by atoms with Crippen molar-refractivity contribution in [1.82, 2.24) is 0 Å². The Morgan fingerprint density at radius 1 is 0.392 bits per heavy atom. The largest absolute Gasteiger partial charge is 0.457 e. The number of ether oxygens (including phenoxy) is 1. The van der Waals surface area contributed by atoms with Crippen molar-refractivity contribution in [3.63, 3.8) is 0 Å². The predicted octanol–water partition coefficient (Wildman–Crippen LogP) is 12.9. The van der Waals surface area contributed by atoms with Gasteiger partial charge >= 0.3 is 0 Å². The Hall–Kier alpha value is -6.38. The van der Waals surface area contributed by atoms with E-state index in [0.717, 1.165) is 46.8 Å². The summed E-state index contributed by atoms with van der Waals surface area (Å²) in [5.41, 5.74) is 12.3. The zero-order valence-electron chi connectivity index (χ0n) is 28.3. The number of anilines is 2. The van der Waals surface area contributed by atoms with Crippen molar-refractivity contribution in [2.45, 2.75) is 18.3 Å². The van der Waals surface area contributed by atoms with E-state index >= 15 is 0 Å². The summed E-state index contributed by atoms with van der Waals surface area (Å²) in [7, 11) is 0. The number of fused-ring (bicyclic) bond motifs is 2. The second kappa shape index (κ2) is 13.2. The number of benzene rings is 7. The second-order valence-electron chi connectivity index (χ2n) is 13.2. The van der Waals surface area contributed by atoms with Crippen LogP contribution in [0.25, 0.3) is 22.3 Å². The first-order valence-corrected chi connectivity index (χ1v) is 17.8. The van der Waals surface area contributed by atoms with E-state index in [0.29, 0.717) is 0 Å². The first-order chi connectivity index (χ1) is 25.3. The van der Waals surface area contributed by atoms with Crippen molar-refractivity contribution < 1.29 is 4.74 Å². The van der Waals surface area contributed by atoms with Gasteiger partial charge in [0.25, 0.3) is 0 Å². The van der Waals surface area contributed by atoms with Gasteiger partial charge in [0.1, 0.15) is 11.5 Å². The fraction of sp³-hybridized carbons (Fsp3) is 0.0612. The van der Waals surface area contributed by atoms with Crippen LogP contribution in [0.4, 0.5) is 11.4 Å². The van der Waals surface area contributed by atoms with Gasteiger partial charge in [-0.1, -0.05) is 164 Å². The average molecular weight is 656 g/mol. The summed E-state index contributed by atoms with van der Waals surface area (Å²) < 4.78 is 6.66. The minimum Gasteiger partial charge on any atom is -0.457 e. The van der Waals surface area contributed by atoms with Gasteiger partial charge in [0.2, 0.25) is 0 Å². The van der Waals surface area contributed by atoms with Crippen molar-refractivity contribution in [2.75, 3.05) is 4.90 Å². The quantitative estimate of drug-likeness (QED) is 0.169. The van der Waals surface area contributed by atoms with Crippen LogP contribution in [-0.4, -0.2) is 0 Å². The molecule has 0 amide bonds. The van der Waals surface area contributed by atoms with Gasteiger partial charge in [0.15, 0.2) is 0 Å². The first-order valence-electron chi connectivity index (χ1n) is 17.8. The van der Waals surface area contributed by atoms with Gasteiger partial charge in [0.05, 0.1) is 5.41 Å². The van der Waals surface area contributed by atoms with Crippen molar-refractivity contribution in [1.29, 1.82) is 0 Å². The number of allylic oxidation sites excluding steroid dienone is 3. The molecule has 0 saturated carbocycles. The highest BCUT2D eigenvalue weighted by Gasteiger charge is 2.48. The van der Waals surface area contributed by atoms with Crippen molar-refractivity contribution in [2.24, 2.45) is 0 Å². The van der Waals surface area contributed by atoms with Gasteiger partial charge in [-0.3, -0.25) is 0 Å². The Labute approximate surface area is 300 Å². The maximum absolute atomic E-state index is 6.66. The lowest BCUT2D eigenvalue weighted by molar-refractivity contribution is 0.432. The van der Waals surface area contributed by atoms with E-state index in [1.807, 2.05) is 0 Å². The van der Waals surface area contributed by atoms with E-state index in [-0.39, 0.29) is 0 Å². The van der Waals surface area contributed by atoms with Gasteiger partial charge in [0, 0.05) is 28.2 Å². The Bertz CT molecular complexity index is 2230. The monoisotopic (exact) mass is 655 g/mol. The highest BCUT2D eigenvalue weighted by molar-refractivity contribution is 5.80. The van der Waals surface area contributed by atoms with Crippen LogP contribution in [0.1, 0.15) is 29.5 Å². The number of rotatable bonds is 7. The molecule has 0 unspecified atom stereocenters. The molecule has 2 aliphatic rings. The molecule has 244 valence electrons. The highest BCUT2D eigenvalue weighted by Crippen LogP contribution is 2.58. The lowest BCUT2D eigenvalue weighted by Crippen LogP contribution is -2.38. The molecule has 0 spiro atoms. The SMILES string of the molecule is C1=C(N(c2ccc(-c3ccccc3)cc2)c2ccc(-c3ccccc3)cc2)C(C2(c3ccccc3)c3ccccc3Oc3ccccc32)=CCC1. The Kier molecular flexibility index (Phi) is 7.91. The van der Waals surface area contributed by atoms with Gasteiger partial charge in [-0.05, 0) is 82.6 Å². The molecular formula is C49H37NO. The Morgan fingerprint density at radius 3 is 1.31 bits per heavy atom. The Morgan fingerprint density at radius 2 is 0.804 bits per heavy atom. The maximum Gasteiger partial charge on any atom is 0.132 e. The Balaban J connectivity index is 1.27. The fourth-order valence-corrected chi connectivity index (χ4v) is 7.95. The van der Waals surface area contributed by atoms with Crippen LogP contribution in [0.15, 0.2) is 211 Å². The van der Waals surface area contributed by atoms with Crippen LogP contribution in [0.5, 0.6) is 11.5 Å². The molecule has 0 radical (unpaired) electrons. The number of nitrogens with zero attached hydrogens (tertiary/aromatic N) is 1. The molecule has 1 aliphatic carbocycles. The zero-order chi connectivity index (χ0) is 34.0. The van der Waals surface area contributed by atoms with Crippen LogP contribution in [0.3, 0.4) is 0 Å². The van der Waals surface area contributed by atoms with E-state index in [4.69, 9.17) is 4.74 Å². The first kappa shape index (κ1) is 30.7. The zero-order valence-corrected chi connectivity index (χ0v) is 28.3. The second-order valence-corrected chi connectivity index (χ2v) is 13.2. The molecule has 2 heteroatoms. The summed E-state index contributed by atoms with van der Waals surface area (Å²) >= 11 is 0. The summed E-state index contributed by atoms with van der Waals surface area (Å²) in [5.74, 6) is 1.77. The smallest absolute Gasteiger partial charge is 0.132 e. The molecule has 0 saturated heterocycles. The lowest BCUT2D eigenvalue weighted by Gasteiger charge is -2.46. The molecular weight excluding hydrogens is 619 g/mol. The van der Waals surface area contributed by atoms with Gasteiger partial charge < -0.3 is 9.64 Å². The molecule has 7 aromatic carbocycles. The van der Waals surface area contributed by atoms with Crippen molar-refractivity contribution in [3.05, 3.63) is 228 Å². The highest BCUT2D eigenvalue weighted by atomic mass is 16.5. The average Bonchev–Trinajstić information content (AvgIpc) is 3.22. The third-order valence-corrected chi connectivity index (χ3v) is 10.2. The molecule has 0 N–H and O–H groups in total. The fourth-order valence-electron chi connectivity index (χ4n) is 7.95. The van der Waals surface area contributed by atoms with E-state index in [9.17, 15) is 0 Å². The summed E-state index contributed by atoms with van der Waals surface area (Å²) in [5, 5.41) is 0. The summed E-state index contributed by atoms with van der Waals surface area (Å²) in [6.07, 6.45) is 6.82. The van der Waals surface area contributed by atoms with Crippen LogP contribution >= 0.6 is 0 Å². The summed E-state index contributed by atoms with van der Waals surface area (Å²) in [6.45, 7) is 0. The topological polar surface area (TPSA) is 12.5 Å². The third kappa shape index (κ3) is 5.37. The number of hydrogen-bond donors (Lipinski definition) is 0. The molecule has 7 aromatic rings. The minimum absolute atomic E-state index is 0.620. The maximum atomic E-state index is 6.66. The number of para-hydroxylation sites is 2. The van der Waals surface area contributed by atoms with Crippen LogP contribution in [0.2, 0.25) is 0 Å². The summed E-state index contributed by atoms with van der Waals surface area (Å²) in [6, 6.07) is 67.4. The minimum atomic E-state index is -0.620. The lowest BCUT2D eigenvalue weighted by atomic mass is 9.61. The molecule has 0 aromatic heterocycles. The van der Waals surface area contributed by atoms with E-state index in [2.05, 4.69) is 205 Å². The van der Waals surface area contributed by atoms with E-state index < -0.39 is 5.41 Å². The predicted molar refractivity (Wildman–Crippen MR) is 211 cm³/mol. The standard InChI is InChI=1S/C49H37NO/c1-4-16-36(17-5-1)38-28-32-41(33-29-38)50(42-34-30-39(31-35-42)37-18-6-2-7-19-37)46-25-13-10-22-43(46)49(40-20-8-3-9-21-40)44-23-11-14-26-47(44)51-48-27-15-12-24-45(48)49/h1-9,11-12,14-35H,10,13H2. The summed E-state index contributed by atoms with van der Waals surface area (Å²) in [4.78, 5) is 2.46. The molecule has 0 bridgehead atoms. The molecule has 0 fully saturated rings. The molecule has 1 heterocycles. The van der Waals surface area contributed by atoms with Gasteiger partial charge in [-0.25, -0.2) is 0 Å². The molecule has 0 atom stereocenters. The van der Waals surface area contributed by atoms with E-state index in [1.54, 1.807) is 0 Å². The molecule has 2 nitrogen and oxygen atoms in total. The van der Waals surface area contributed by atoms with E-state index in [1.165, 1.54) is 39.1 Å². The van der Waals surface area contributed by atoms with Gasteiger partial charge in [-0.15, -0.1) is 0 Å². The van der Waals surface area contributed by atoms with Crippen molar-refractivity contribution in [3.8, 4) is 33.8 Å². The van der Waals surface area contributed by atoms with Gasteiger partial charge in [-0.2, -0.15) is 0 Å². The number of hydrogen-bond acceptors (Lipinski definition) is 2. The molecule has 9 rings (SSSR count). The molecule has 1 aliphatic heterocycles. The normalized spacial score (nSPS) is 14.3. The third-order valence-electron chi connectivity index (χ3n) is 10.2. The van der Waals surface area contributed by atoms with Crippen molar-refractivity contribution >= 4 is 11.4 Å². The van der Waals surface area contributed by atoms with Crippen LogP contribution in [0, 0.1) is 0 Å². The van der Waals surface area contributed by atoms with Crippen LogP contribution in [-0.2, 0) is 5.41 Å². The molecule has 51 heavy (non-hydrogen) atoms. The van der Waals surface area contributed by atoms with Crippen LogP contribution < -0.4 is 9.64 Å².